The number of nitrogens with zero attached hydrogens (tertiary/aromatic N) is 2. The van der Waals surface area contributed by atoms with Crippen LogP contribution in [0.15, 0.2) is 18.2 Å². The lowest BCUT2D eigenvalue weighted by Crippen LogP contribution is -2.14. The Hall–Kier alpha value is -2.01. The Labute approximate surface area is 129 Å². The fourth-order valence-electron chi connectivity index (χ4n) is 2.70. The summed E-state index contributed by atoms with van der Waals surface area (Å²) in [6.45, 7) is 3.95. The van der Waals surface area contributed by atoms with E-state index < -0.39 is 0 Å². The first-order valence-corrected chi connectivity index (χ1v) is 7.49. The summed E-state index contributed by atoms with van der Waals surface area (Å²) in [7, 11) is 0. The molecule has 1 aliphatic carbocycles. The standard InChI is InChI=1S/C16H18N4S/c1-9-6-7-13(10(2)18-9)19-16-12(15(17)21)8-11-4-3-5-14(11)20-16/h6-8H,3-5H2,1-2H3,(H2,17,21)(H,19,20). The molecule has 0 saturated heterocycles. The summed E-state index contributed by atoms with van der Waals surface area (Å²) in [4.78, 5) is 9.56. The van der Waals surface area contributed by atoms with E-state index in [9.17, 15) is 0 Å². The van der Waals surface area contributed by atoms with Crippen molar-refractivity contribution in [3.05, 3.63) is 46.4 Å². The summed E-state index contributed by atoms with van der Waals surface area (Å²) < 4.78 is 0. The third kappa shape index (κ3) is 2.74. The van der Waals surface area contributed by atoms with Crippen LogP contribution in [0.2, 0.25) is 0 Å². The third-order valence-electron chi connectivity index (χ3n) is 3.79. The number of aromatic nitrogens is 2. The summed E-state index contributed by atoms with van der Waals surface area (Å²) in [6.07, 6.45) is 3.23. The third-order valence-corrected chi connectivity index (χ3v) is 4.01. The van der Waals surface area contributed by atoms with E-state index in [1.54, 1.807) is 0 Å². The summed E-state index contributed by atoms with van der Waals surface area (Å²) in [6, 6.07) is 6.07. The van der Waals surface area contributed by atoms with Crippen LogP contribution in [-0.2, 0) is 12.8 Å². The number of thiocarbonyl (C=S) groups is 1. The Morgan fingerprint density at radius 3 is 2.76 bits per heavy atom. The van der Waals surface area contributed by atoms with Crippen molar-refractivity contribution in [2.75, 3.05) is 5.32 Å². The van der Waals surface area contributed by atoms with Crippen LogP contribution < -0.4 is 11.1 Å². The molecule has 0 aromatic carbocycles. The lowest BCUT2D eigenvalue weighted by Gasteiger charge is -2.14. The van der Waals surface area contributed by atoms with Gasteiger partial charge in [0, 0.05) is 11.4 Å². The molecular weight excluding hydrogens is 280 g/mol. The second kappa shape index (κ2) is 5.41. The minimum Gasteiger partial charge on any atom is -0.389 e. The highest BCUT2D eigenvalue weighted by Gasteiger charge is 2.18. The summed E-state index contributed by atoms with van der Waals surface area (Å²) >= 11 is 5.17. The van der Waals surface area contributed by atoms with Crippen LogP contribution >= 0.6 is 12.2 Å². The van der Waals surface area contributed by atoms with Crippen LogP contribution in [0, 0.1) is 13.8 Å². The summed E-state index contributed by atoms with van der Waals surface area (Å²) in [5, 5.41) is 3.34. The molecule has 0 radical (unpaired) electrons. The Morgan fingerprint density at radius 1 is 1.24 bits per heavy atom. The number of nitrogens with two attached hydrogens (primary N) is 1. The van der Waals surface area contributed by atoms with Gasteiger partial charge in [-0.1, -0.05) is 12.2 Å². The van der Waals surface area contributed by atoms with Crippen LogP contribution in [0.5, 0.6) is 0 Å². The predicted molar refractivity (Wildman–Crippen MR) is 89.1 cm³/mol. The van der Waals surface area contributed by atoms with E-state index in [1.807, 2.05) is 26.0 Å². The zero-order valence-corrected chi connectivity index (χ0v) is 13.0. The Kier molecular flexibility index (Phi) is 3.59. The number of nitrogens with one attached hydrogen (secondary N) is 1. The van der Waals surface area contributed by atoms with Gasteiger partial charge < -0.3 is 11.1 Å². The first-order valence-electron chi connectivity index (χ1n) is 7.08. The Morgan fingerprint density at radius 2 is 2.05 bits per heavy atom. The molecule has 0 saturated carbocycles. The van der Waals surface area contributed by atoms with E-state index in [4.69, 9.17) is 22.9 Å². The van der Waals surface area contributed by atoms with Gasteiger partial charge in [0.1, 0.15) is 10.8 Å². The second-order valence-corrected chi connectivity index (χ2v) is 5.86. The highest BCUT2D eigenvalue weighted by Crippen LogP contribution is 2.28. The number of fused-ring (bicyclic) bond motifs is 1. The molecule has 2 aromatic rings. The maximum absolute atomic E-state index is 5.86. The summed E-state index contributed by atoms with van der Waals surface area (Å²) in [5.74, 6) is 0.733. The largest absolute Gasteiger partial charge is 0.389 e. The molecule has 0 spiro atoms. The minimum atomic E-state index is 0.373. The van der Waals surface area contributed by atoms with Gasteiger partial charge in [0.25, 0.3) is 0 Å². The average Bonchev–Trinajstić information content (AvgIpc) is 2.88. The van der Waals surface area contributed by atoms with E-state index in [0.717, 1.165) is 53.4 Å². The first-order chi connectivity index (χ1) is 10.0. The number of rotatable bonds is 3. The lowest BCUT2D eigenvalue weighted by atomic mass is 10.1. The molecule has 2 heterocycles. The molecular formula is C16H18N4S. The van der Waals surface area contributed by atoms with Crippen molar-refractivity contribution in [1.82, 2.24) is 9.97 Å². The van der Waals surface area contributed by atoms with Gasteiger partial charge in [0.2, 0.25) is 0 Å². The van der Waals surface area contributed by atoms with Crippen molar-refractivity contribution in [3.63, 3.8) is 0 Å². The molecule has 1 aliphatic rings. The van der Waals surface area contributed by atoms with Gasteiger partial charge in [-0.2, -0.15) is 0 Å². The second-order valence-electron chi connectivity index (χ2n) is 5.42. The molecule has 0 fully saturated rings. The highest BCUT2D eigenvalue weighted by molar-refractivity contribution is 7.80. The van der Waals surface area contributed by atoms with Crippen molar-refractivity contribution in [1.29, 1.82) is 0 Å². The van der Waals surface area contributed by atoms with E-state index in [2.05, 4.69) is 16.4 Å². The van der Waals surface area contributed by atoms with Gasteiger partial charge in [-0.3, -0.25) is 4.98 Å². The van der Waals surface area contributed by atoms with E-state index in [0.29, 0.717) is 4.99 Å². The van der Waals surface area contributed by atoms with Crippen LogP contribution in [0.1, 0.15) is 34.6 Å². The van der Waals surface area contributed by atoms with Crippen molar-refractivity contribution in [2.45, 2.75) is 33.1 Å². The highest BCUT2D eigenvalue weighted by atomic mass is 32.1. The Bertz CT molecular complexity index is 724. The van der Waals surface area contributed by atoms with Gasteiger partial charge in [0.15, 0.2) is 0 Å². The molecule has 0 bridgehead atoms. The zero-order valence-electron chi connectivity index (χ0n) is 12.2. The normalized spacial score (nSPS) is 13.0. The van der Waals surface area contributed by atoms with Gasteiger partial charge in [-0.05, 0) is 56.9 Å². The van der Waals surface area contributed by atoms with Crippen molar-refractivity contribution < 1.29 is 0 Å². The maximum atomic E-state index is 5.86. The quantitative estimate of drug-likeness (QED) is 0.853. The molecule has 5 heteroatoms. The maximum Gasteiger partial charge on any atom is 0.140 e. The number of hydrogen-bond acceptors (Lipinski definition) is 4. The molecule has 4 nitrogen and oxygen atoms in total. The predicted octanol–water partition coefficient (Wildman–Crippen LogP) is 2.96. The molecule has 0 atom stereocenters. The smallest absolute Gasteiger partial charge is 0.140 e. The van der Waals surface area contributed by atoms with Gasteiger partial charge >= 0.3 is 0 Å². The molecule has 21 heavy (non-hydrogen) atoms. The molecule has 108 valence electrons. The minimum absolute atomic E-state index is 0.373. The fourth-order valence-corrected chi connectivity index (χ4v) is 2.86. The zero-order chi connectivity index (χ0) is 15.0. The number of pyridine rings is 2. The number of aryl methyl sites for hydroxylation is 4. The lowest BCUT2D eigenvalue weighted by molar-refractivity contribution is 0.900. The van der Waals surface area contributed by atoms with Crippen LogP contribution in [0.4, 0.5) is 11.5 Å². The van der Waals surface area contributed by atoms with Crippen LogP contribution in [0.25, 0.3) is 0 Å². The summed E-state index contributed by atoms with van der Waals surface area (Å²) in [5.41, 5.74) is 12.0. The van der Waals surface area contributed by atoms with E-state index in [-0.39, 0.29) is 0 Å². The molecule has 0 amide bonds. The molecule has 0 unspecified atom stereocenters. The van der Waals surface area contributed by atoms with Gasteiger partial charge in [-0.15, -0.1) is 0 Å². The van der Waals surface area contributed by atoms with E-state index in [1.165, 1.54) is 5.56 Å². The molecule has 3 rings (SSSR count). The van der Waals surface area contributed by atoms with Crippen molar-refractivity contribution in [2.24, 2.45) is 5.73 Å². The average molecular weight is 298 g/mol. The Balaban J connectivity index is 2.03. The first kappa shape index (κ1) is 13.9. The van der Waals surface area contributed by atoms with Crippen LogP contribution in [0.3, 0.4) is 0 Å². The van der Waals surface area contributed by atoms with Crippen molar-refractivity contribution in [3.8, 4) is 0 Å². The molecule has 2 aromatic heterocycles. The van der Waals surface area contributed by atoms with Gasteiger partial charge in [-0.25, -0.2) is 4.98 Å². The monoisotopic (exact) mass is 298 g/mol. The topological polar surface area (TPSA) is 63.8 Å². The van der Waals surface area contributed by atoms with Gasteiger partial charge in [0.05, 0.1) is 16.9 Å². The molecule has 3 N–H and O–H groups in total. The van der Waals surface area contributed by atoms with E-state index >= 15 is 0 Å². The molecule has 0 aliphatic heterocycles. The van der Waals surface area contributed by atoms with Crippen LogP contribution in [-0.4, -0.2) is 15.0 Å². The van der Waals surface area contributed by atoms with Crippen molar-refractivity contribution >= 4 is 28.7 Å². The number of anilines is 2. The fraction of sp³-hybridized carbons (Fsp3) is 0.312. The SMILES string of the molecule is Cc1ccc(Nc2nc3c(cc2C(N)=S)CCC3)c(C)n1. The number of hydrogen-bond donors (Lipinski definition) is 2.